The second-order valence-electron chi connectivity index (χ2n) is 7.48. The first kappa shape index (κ1) is 23.0. The molecule has 10 nitrogen and oxygen atoms in total. The van der Waals surface area contributed by atoms with Crippen molar-refractivity contribution in [3.8, 4) is 17.2 Å². The van der Waals surface area contributed by atoms with E-state index in [1.54, 1.807) is 41.6 Å². The number of sulfonamides is 1. The van der Waals surface area contributed by atoms with Crippen molar-refractivity contribution in [2.75, 3.05) is 53.6 Å². The number of hydrazone groups is 1. The largest absolute Gasteiger partial charge is 0.504 e. The maximum absolute atomic E-state index is 12.8. The van der Waals surface area contributed by atoms with Crippen LogP contribution in [-0.4, -0.2) is 89.1 Å². The average molecular weight is 475 g/mol. The Bertz CT molecular complexity index is 1180. The van der Waals surface area contributed by atoms with Crippen molar-refractivity contribution in [1.82, 2.24) is 9.91 Å². The fourth-order valence-corrected chi connectivity index (χ4v) is 5.06. The first-order valence-corrected chi connectivity index (χ1v) is 11.9. The van der Waals surface area contributed by atoms with Gasteiger partial charge in [-0.05, 0) is 35.9 Å². The van der Waals surface area contributed by atoms with Gasteiger partial charge in [-0.1, -0.05) is 6.07 Å². The highest BCUT2D eigenvalue weighted by molar-refractivity contribution is 7.90. The van der Waals surface area contributed by atoms with E-state index in [1.165, 1.54) is 20.3 Å². The van der Waals surface area contributed by atoms with Gasteiger partial charge >= 0.3 is 0 Å². The number of phenols is 1. The molecule has 11 heteroatoms. The second-order valence-corrected chi connectivity index (χ2v) is 9.02. The van der Waals surface area contributed by atoms with Crippen LogP contribution in [0.5, 0.6) is 17.2 Å². The molecule has 0 spiro atoms. The van der Waals surface area contributed by atoms with E-state index in [1.807, 2.05) is 0 Å². The molecule has 1 fully saturated rings. The normalized spacial score (nSPS) is 17.6. The molecule has 2 aliphatic heterocycles. The van der Waals surface area contributed by atoms with E-state index < -0.39 is 10.0 Å². The first-order chi connectivity index (χ1) is 15.9. The summed E-state index contributed by atoms with van der Waals surface area (Å²) in [4.78, 5) is 2.27. The van der Waals surface area contributed by atoms with Gasteiger partial charge < -0.3 is 19.3 Å². The monoisotopic (exact) mass is 474 g/mol. The van der Waals surface area contributed by atoms with Crippen molar-refractivity contribution in [3.05, 3.63) is 47.5 Å². The lowest BCUT2D eigenvalue weighted by Crippen LogP contribution is -2.41. The minimum atomic E-state index is -3.92. The Balaban J connectivity index is 1.68. The molecule has 0 atom stereocenters. The zero-order valence-corrected chi connectivity index (χ0v) is 19.3. The van der Waals surface area contributed by atoms with Crippen LogP contribution >= 0.6 is 0 Å². The molecule has 1 saturated heterocycles. The van der Waals surface area contributed by atoms with Crippen molar-refractivity contribution in [1.29, 1.82) is 0 Å². The van der Waals surface area contributed by atoms with E-state index in [9.17, 15) is 13.5 Å². The summed E-state index contributed by atoms with van der Waals surface area (Å²) in [5.74, 6) is 0.812. The molecule has 33 heavy (non-hydrogen) atoms. The van der Waals surface area contributed by atoms with Crippen molar-refractivity contribution < 1.29 is 27.7 Å². The molecule has 0 aromatic heterocycles. The van der Waals surface area contributed by atoms with E-state index in [0.29, 0.717) is 43.2 Å². The summed E-state index contributed by atoms with van der Waals surface area (Å²) in [6.07, 6.45) is 1.58. The van der Waals surface area contributed by atoms with Crippen LogP contribution in [0.15, 0.2) is 50.8 Å². The summed E-state index contributed by atoms with van der Waals surface area (Å²) in [5.41, 5.74) is 1.12. The lowest BCUT2D eigenvalue weighted by Gasteiger charge is -2.28. The lowest BCUT2D eigenvalue weighted by atomic mass is 10.2. The van der Waals surface area contributed by atoms with E-state index in [-0.39, 0.29) is 22.2 Å². The summed E-state index contributed by atoms with van der Waals surface area (Å²) in [7, 11) is -1.03. The topological polar surface area (TPSA) is 113 Å². The molecule has 176 valence electrons. The molecule has 4 rings (SSSR count). The third-order valence-corrected chi connectivity index (χ3v) is 6.78. The fraction of sp³-hybridized carbons (Fsp3) is 0.364. The van der Waals surface area contributed by atoms with Gasteiger partial charge in [-0.3, -0.25) is 4.90 Å². The number of aromatic hydroxyl groups is 1. The maximum Gasteiger partial charge on any atom is 0.288 e. The first-order valence-electron chi connectivity index (χ1n) is 10.4. The zero-order chi connectivity index (χ0) is 23.4. The van der Waals surface area contributed by atoms with E-state index in [0.717, 1.165) is 13.1 Å². The van der Waals surface area contributed by atoms with Gasteiger partial charge in [0.05, 0.1) is 40.2 Å². The molecule has 0 amide bonds. The predicted molar refractivity (Wildman–Crippen MR) is 123 cm³/mol. The van der Waals surface area contributed by atoms with Crippen LogP contribution in [0.3, 0.4) is 0 Å². The molecule has 2 heterocycles. The summed E-state index contributed by atoms with van der Waals surface area (Å²) in [5, 5.41) is 16.0. The van der Waals surface area contributed by atoms with Crippen LogP contribution in [-0.2, 0) is 14.8 Å². The van der Waals surface area contributed by atoms with Crippen molar-refractivity contribution in [2.24, 2.45) is 9.50 Å². The number of benzene rings is 2. The Hall–Kier alpha value is -3.15. The summed E-state index contributed by atoms with van der Waals surface area (Å²) in [6.45, 7) is 3.97. The quantitative estimate of drug-likeness (QED) is 0.475. The van der Waals surface area contributed by atoms with Crippen molar-refractivity contribution >= 4 is 22.1 Å². The number of nitrogens with zero attached hydrogens (tertiary/aromatic N) is 4. The number of amidine groups is 1. The summed E-state index contributed by atoms with van der Waals surface area (Å²) in [6, 6.07) is 9.86. The standard InChI is InChI=1S/C22H26N4O6S/c1-30-19-5-3-4-17-21(19)33(28,29)24-22(17)26(9-8-25-10-12-32-13-11-25)23-15-16-6-7-18(27)20(14-16)31-2/h3-7,14-15,27H,8-13H2,1-2H3. The van der Waals surface area contributed by atoms with Crippen LogP contribution in [0, 0.1) is 0 Å². The average Bonchev–Trinajstić information content (AvgIpc) is 3.11. The van der Waals surface area contributed by atoms with Crippen LogP contribution in [0.1, 0.15) is 11.1 Å². The van der Waals surface area contributed by atoms with Crippen molar-refractivity contribution in [2.45, 2.75) is 4.90 Å². The molecule has 1 N–H and O–H groups in total. The SMILES string of the molecule is COc1cc(C=NN(CCN2CCOCC2)C2=NS(=O)(=O)c3c(OC)cccc32)ccc1O. The van der Waals surface area contributed by atoms with Gasteiger partial charge in [0.2, 0.25) is 0 Å². The molecule has 2 aromatic carbocycles. The Kier molecular flexibility index (Phi) is 6.82. The van der Waals surface area contributed by atoms with Crippen LogP contribution < -0.4 is 9.47 Å². The van der Waals surface area contributed by atoms with Gasteiger partial charge in [0.1, 0.15) is 10.6 Å². The van der Waals surface area contributed by atoms with Crippen LogP contribution in [0.4, 0.5) is 0 Å². The Morgan fingerprint density at radius 1 is 1.18 bits per heavy atom. The molecule has 0 bridgehead atoms. The molecular weight excluding hydrogens is 448 g/mol. The van der Waals surface area contributed by atoms with Crippen LogP contribution in [0.25, 0.3) is 0 Å². The number of ether oxygens (including phenoxy) is 3. The van der Waals surface area contributed by atoms with Gasteiger partial charge in [-0.25, -0.2) is 5.01 Å². The zero-order valence-electron chi connectivity index (χ0n) is 18.5. The van der Waals surface area contributed by atoms with E-state index in [2.05, 4.69) is 14.4 Å². The number of rotatable bonds is 7. The van der Waals surface area contributed by atoms with Gasteiger partial charge in [-0.2, -0.15) is 13.5 Å². The fourth-order valence-electron chi connectivity index (χ4n) is 3.70. The minimum absolute atomic E-state index is 0.0195. The number of hydrogen-bond donors (Lipinski definition) is 1. The predicted octanol–water partition coefficient (Wildman–Crippen LogP) is 1.53. The smallest absolute Gasteiger partial charge is 0.288 e. The maximum atomic E-state index is 12.8. The van der Waals surface area contributed by atoms with Crippen LogP contribution in [0.2, 0.25) is 0 Å². The van der Waals surface area contributed by atoms with Gasteiger partial charge in [-0.15, -0.1) is 4.40 Å². The Labute approximate surface area is 192 Å². The highest BCUT2D eigenvalue weighted by Crippen LogP contribution is 2.35. The number of morpholine rings is 1. The highest BCUT2D eigenvalue weighted by atomic mass is 32.2. The van der Waals surface area contributed by atoms with E-state index in [4.69, 9.17) is 14.2 Å². The number of methoxy groups -OCH3 is 2. The molecular formula is C22H26N4O6S. The third kappa shape index (κ3) is 4.95. The second kappa shape index (κ2) is 9.77. The Morgan fingerprint density at radius 2 is 1.94 bits per heavy atom. The van der Waals surface area contributed by atoms with Crippen molar-refractivity contribution in [3.63, 3.8) is 0 Å². The molecule has 0 aliphatic carbocycles. The lowest BCUT2D eigenvalue weighted by molar-refractivity contribution is 0.0360. The van der Waals surface area contributed by atoms with Gasteiger partial charge in [0.15, 0.2) is 17.3 Å². The molecule has 0 unspecified atom stereocenters. The van der Waals surface area contributed by atoms with E-state index >= 15 is 0 Å². The summed E-state index contributed by atoms with van der Waals surface area (Å²) < 4.78 is 45.5. The molecule has 0 saturated carbocycles. The Morgan fingerprint density at radius 3 is 2.67 bits per heavy atom. The van der Waals surface area contributed by atoms with Gasteiger partial charge in [0.25, 0.3) is 10.0 Å². The molecule has 2 aliphatic rings. The summed E-state index contributed by atoms with van der Waals surface area (Å²) >= 11 is 0. The number of phenolic OH excluding ortho intramolecular Hbond substituents is 1. The third-order valence-electron chi connectivity index (χ3n) is 5.43. The number of hydrogen-bond acceptors (Lipinski definition) is 9. The highest BCUT2D eigenvalue weighted by Gasteiger charge is 2.35. The molecule has 2 aromatic rings. The minimum Gasteiger partial charge on any atom is -0.504 e. The number of fused-ring (bicyclic) bond motifs is 1. The van der Waals surface area contributed by atoms with Gasteiger partial charge in [0, 0.05) is 25.2 Å². The molecule has 0 radical (unpaired) electrons.